The van der Waals surface area contributed by atoms with Crippen LogP contribution in [0.15, 0.2) is 18.3 Å². The maximum atomic E-state index is 12.5. The van der Waals surface area contributed by atoms with E-state index in [2.05, 4.69) is 19.9 Å². The van der Waals surface area contributed by atoms with E-state index in [0.29, 0.717) is 5.69 Å². The number of anilines is 2. The van der Waals surface area contributed by atoms with Crippen molar-refractivity contribution in [3.05, 3.63) is 18.3 Å². The summed E-state index contributed by atoms with van der Waals surface area (Å²) in [6, 6.07) is 2.36. The lowest BCUT2D eigenvalue weighted by molar-refractivity contribution is -0.140. The highest BCUT2D eigenvalue weighted by Gasteiger charge is 2.39. The molecule has 8 nitrogen and oxygen atoms in total. The molecule has 8 heteroatoms. The van der Waals surface area contributed by atoms with Crippen LogP contribution in [-0.2, 0) is 14.3 Å². The van der Waals surface area contributed by atoms with Crippen LogP contribution >= 0.6 is 0 Å². The lowest BCUT2D eigenvalue weighted by Gasteiger charge is -2.27. The van der Waals surface area contributed by atoms with Crippen LogP contribution in [0.3, 0.4) is 0 Å². The molecule has 0 bridgehead atoms. The number of imide groups is 1. The van der Waals surface area contributed by atoms with E-state index in [1.54, 1.807) is 12.3 Å². The summed E-state index contributed by atoms with van der Waals surface area (Å²) in [6.45, 7) is 1.95. The number of hydrogen-bond acceptors (Lipinski definition) is 6. The summed E-state index contributed by atoms with van der Waals surface area (Å²) in [5.41, 5.74) is 0.434. The number of nitrogens with one attached hydrogen (secondary N) is 1. The molecule has 2 fully saturated rings. The van der Waals surface area contributed by atoms with E-state index in [1.807, 2.05) is 6.07 Å². The van der Waals surface area contributed by atoms with Crippen molar-refractivity contribution in [3.8, 4) is 0 Å². The number of nitrogens with zero attached hydrogens (tertiary/aromatic N) is 3. The van der Waals surface area contributed by atoms with Crippen LogP contribution in [0, 0.1) is 0 Å². The summed E-state index contributed by atoms with van der Waals surface area (Å²) in [5.74, 6) is 0.0761. The molecule has 2 saturated heterocycles. The summed E-state index contributed by atoms with van der Waals surface area (Å²) < 4.78 is 4.56. The zero-order valence-electron chi connectivity index (χ0n) is 14.2. The molecule has 3 rings (SSSR count). The van der Waals surface area contributed by atoms with Gasteiger partial charge in [-0.3, -0.25) is 9.59 Å². The van der Waals surface area contributed by atoms with E-state index >= 15 is 0 Å². The van der Waals surface area contributed by atoms with E-state index in [4.69, 9.17) is 0 Å². The molecular weight excluding hydrogens is 324 g/mol. The number of hydrogen-bond donors (Lipinski definition) is 1. The molecule has 134 valence electrons. The Balaban J connectivity index is 1.67. The second kappa shape index (κ2) is 7.50. The number of pyridine rings is 1. The van der Waals surface area contributed by atoms with Gasteiger partial charge in [-0.05, 0) is 37.8 Å². The third kappa shape index (κ3) is 3.72. The SMILES string of the molecule is COC(=O)CC[C@H]1NC(=O)N(c2ccc(N3CCCCC3)nc2)C1=O. The number of piperidine rings is 1. The molecule has 3 heterocycles. The topological polar surface area (TPSA) is 91.8 Å². The van der Waals surface area contributed by atoms with Crippen LogP contribution in [0.1, 0.15) is 32.1 Å². The van der Waals surface area contributed by atoms with Gasteiger partial charge in [0.25, 0.3) is 5.91 Å². The van der Waals surface area contributed by atoms with Gasteiger partial charge >= 0.3 is 12.0 Å². The first-order chi connectivity index (χ1) is 12.1. The Morgan fingerprint density at radius 1 is 1.28 bits per heavy atom. The number of carbonyl (C=O) groups is 3. The van der Waals surface area contributed by atoms with Crippen LogP contribution < -0.4 is 15.1 Å². The van der Waals surface area contributed by atoms with Crippen LogP contribution in [0.4, 0.5) is 16.3 Å². The molecule has 0 aliphatic carbocycles. The predicted molar refractivity (Wildman–Crippen MR) is 91.4 cm³/mol. The normalized spacial score (nSPS) is 20.6. The smallest absolute Gasteiger partial charge is 0.329 e. The molecule has 0 spiro atoms. The predicted octanol–water partition coefficient (Wildman–Crippen LogP) is 1.45. The molecule has 1 aromatic heterocycles. The fourth-order valence-corrected chi connectivity index (χ4v) is 3.16. The van der Waals surface area contributed by atoms with Gasteiger partial charge < -0.3 is 15.0 Å². The van der Waals surface area contributed by atoms with Crippen LogP contribution in [0.2, 0.25) is 0 Å². The van der Waals surface area contributed by atoms with Crippen molar-refractivity contribution in [2.24, 2.45) is 0 Å². The first kappa shape index (κ1) is 17.2. The van der Waals surface area contributed by atoms with Gasteiger partial charge in [-0.2, -0.15) is 0 Å². The molecule has 0 radical (unpaired) electrons. The zero-order valence-corrected chi connectivity index (χ0v) is 14.2. The highest BCUT2D eigenvalue weighted by molar-refractivity contribution is 6.21. The first-order valence-corrected chi connectivity index (χ1v) is 8.52. The Kier molecular flexibility index (Phi) is 5.16. The van der Waals surface area contributed by atoms with Gasteiger partial charge in [0.15, 0.2) is 0 Å². The molecule has 1 N–H and O–H groups in total. The molecule has 1 atom stereocenters. The number of methoxy groups -OCH3 is 1. The maximum Gasteiger partial charge on any atom is 0.329 e. The number of urea groups is 1. The van der Waals surface area contributed by atoms with E-state index < -0.39 is 18.0 Å². The molecule has 0 unspecified atom stereocenters. The largest absolute Gasteiger partial charge is 0.469 e. The van der Waals surface area contributed by atoms with E-state index in [9.17, 15) is 14.4 Å². The second-order valence-electron chi connectivity index (χ2n) is 6.21. The van der Waals surface area contributed by atoms with E-state index in [1.165, 1.54) is 13.5 Å². The summed E-state index contributed by atoms with van der Waals surface area (Å²) in [7, 11) is 1.29. The Hall–Kier alpha value is -2.64. The number of aromatic nitrogens is 1. The molecular formula is C17H22N4O4. The summed E-state index contributed by atoms with van der Waals surface area (Å²) in [6.07, 6.45) is 5.38. The number of carbonyl (C=O) groups excluding carboxylic acids is 3. The van der Waals surface area contributed by atoms with Crippen LogP contribution in [-0.4, -0.2) is 49.1 Å². The average molecular weight is 346 g/mol. The fraction of sp³-hybridized carbons (Fsp3) is 0.529. The highest BCUT2D eigenvalue weighted by Crippen LogP contribution is 2.24. The molecule has 0 saturated carbocycles. The van der Waals surface area contributed by atoms with Crippen molar-refractivity contribution in [1.82, 2.24) is 10.3 Å². The molecule has 0 aromatic carbocycles. The number of ether oxygens (including phenoxy) is 1. The minimum Gasteiger partial charge on any atom is -0.469 e. The lowest BCUT2D eigenvalue weighted by atomic mass is 10.1. The summed E-state index contributed by atoms with van der Waals surface area (Å²) in [4.78, 5) is 43.5. The molecule has 2 aliphatic heterocycles. The zero-order chi connectivity index (χ0) is 17.8. The quantitative estimate of drug-likeness (QED) is 0.641. The van der Waals surface area contributed by atoms with E-state index in [0.717, 1.165) is 36.6 Å². The van der Waals surface area contributed by atoms with Gasteiger partial charge in [0.2, 0.25) is 0 Å². The maximum absolute atomic E-state index is 12.5. The Morgan fingerprint density at radius 3 is 2.68 bits per heavy atom. The van der Waals surface area contributed by atoms with Crippen LogP contribution in [0.25, 0.3) is 0 Å². The van der Waals surface area contributed by atoms with Crippen molar-refractivity contribution in [2.45, 2.75) is 38.1 Å². The monoisotopic (exact) mass is 346 g/mol. The van der Waals surface area contributed by atoms with Crippen molar-refractivity contribution in [2.75, 3.05) is 30.0 Å². The van der Waals surface area contributed by atoms with Crippen molar-refractivity contribution < 1.29 is 19.1 Å². The molecule has 25 heavy (non-hydrogen) atoms. The number of esters is 1. The number of amides is 3. The van der Waals surface area contributed by atoms with Crippen molar-refractivity contribution in [1.29, 1.82) is 0 Å². The summed E-state index contributed by atoms with van der Waals surface area (Å²) in [5, 5.41) is 2.60. The number of rotatable bonds is 5. The molecule has 2 aliphatic rings. The van der Waals surface area contributed by atoms with Crippen molar-refractivity contribution >= 4 is 29.4 Å². The lowest BCUT2D eigenvalue weighted by Crippen LogP contribution is -2.32. The van der Waals surface area contributed by atoms with Gasteiger partial charge in [0, 0.05) is 19.5 Å². The van der Waals surface area contributed by atoms with Gasteiger partial charge in [-0.25, -0.2) is 14.7 Å². The minimum atomic E-state index is -0.714. The van der Waals surface area contributed by atoms with Crippen LogP contribution in [0.5, 0.6) is 0 Å². The second-order valence-corrected chi connectivity index (χ2v) is 6.21. The van der Waals surface area contributed by atoms with Gasteiger partial charge in [0.05, 0.1) is 19.0 Å². The third-order valence-electron chi connectivity index (χ3n) is 4.55. The van der Waals surface area contributed by atoms with Gasteiger partial charge in [-0.15, -0.1) is 0 Å². The standard InChI is InChI=1S/C17H22N4O4/c1-25-15(22)8-6-13-16(23)21(17(24)19-13)12-5-7-14(18-11-12)20-9-3-2-4-10-20/h5,7,11,13H,2-4,6,8-10H2,1H3,(H,19,24)/t13-/m1/s1. The molecule has 1 aromatic rings. The van der Waals surface area contributed by atoms with Crippen molar-refractivity contribution in [3.63, 3.8) is 0 Å². The molecule has 3 amide bonds. The fourth-order valence-electron chi connectivity index (χ4n) is 3.16. The third-order valence-corrected chi connectivity index (χ3v) is 4.55. The van der Waals surface area contributed by atoms with Gasteiger partial charge in [-0.1, -0.05) is 0 Å². The average Bonchev–Trinajstić information content (AvgIpc) is 2.94. The summed E-state index contributed by atoms with van der Waals surface area (Å²) >= 11 is 0. The van der Waals surface area contributed by atoms with Gasteiger partial charge in [0.1, 0.15) is 11.9 Å². The highest BCUT2D eigenvalue weighted by atomic mass is 16.5. The minimum absolute atomic E-state index is 0.0766. The Bertz CT molecular complexity index is 655. The Labute approximate surface area is 146 Å². The Morgan fingerprint density at radius 2 is 2.04 bits per heavy atom. The first-order valence-electron chi connectivity index (χ1n) is 8.52. The van der Waals surface area contributed by atoms with E-state index in [-0.39, 0.29) is 18.7 Å².